The molecule has 1 aromatic carbocycles. The highest BCUT2D eigenvalue weighted by Gasteiger charge is 2.34. The van der Waals surface area contributed by atoms with Crippen molar-refractivity contribution in [2.75, 3.05) is 4.90 Å². The number of fused-ring (bicyclic) bond motifs is 3. The average Bonchev–Trinajstić information content (AvgIpc) is 3.15. The lowest BCUT2D eigenvalue weighted by atomic mass is 10.0. The number of benzene rings is 1. The van der Waals surface area contributed by atoms with Crippen molar-refractivity contribution >= 4 is 28.5 Å². The Balaban J connectivity index is 1.87. The summed E-state index contributed by atoms with van der Waals surface area (Å²) in [7, 11) is 0. The maximum Gasteiger partial charge on any atom is 0.433 e. The molecule has 3 heterocycles. The number of pyridine rings is 1. The molecule has 0 saturated heterocycles. The Morgan fingerprint density at radius 3 is 2.74 bits per heavy atom. The number of alkyl halides is 3. The van der Waals surface area contributed by atoms with Gasteiger partial charge in [-0.3, -0.25) is 0 Å². The van der Waals surface area contributed by atoms with Crippen LogP contribution in [0.4, 0.5) is 19.2 Å². The number of rotatable bonds is 1. The molecule has 1 aliphatic heterocycles. The molecule has 0 atom stereocenters. The summed E-state index contributed by atoms with van der Waals surface area (Å²) < 4.78 is 44.1. The average molecular weight is 341 g/mol. The molecule has 2 aromatic heterocycles. The highest BCUT2D eigenvalue weighted by Crippen LogP contribution is 2.37. The van der Waals surface area contributed by atoms with Gasteiger partial charge in [0.05, 0.1) is 17.1 Å². The highest BCUT2D eigenvalue weighted by molar-refractivity contribution is 6.35. The Morgan fingerprint density at radius 1 is 1.22 bits per heavy atom. The summed E-state index contributed by atoms with van der Waals surface area (Å²) in [6.45, 7) is 0.794. The number of aromatic nitrogens is 3. The third-order valence-electron chi connectivity index (χ3n) is 3.75. The SMILES string of the molecule is FC(F)(F)c1cc(Cl)c2ccc3c(c2n1)CN(c1nnco1)C3. The van der Waals surface area contributed by atoms with Crippen molar-refractivity contribution in [1.82, 2.24) is 15.2 Å². The molecule has 0 radical (unpaired) electrons. The molecule has 0 spiro atoms. The molecule has 0 amide bonds. The van der Waals surface area contributed by atoms with Crippen LogP contribution in [0.25, 0.3) is 10.9 Å². The van der Waals surface area contributed by atoms with Gasteiger partial charge in [0.1, 0.15) is 5.69 Å². The molecule has 0 bridgehead atoms. The predicted octanol–water partition coefficient (Wildman–Crippen LogP) is 3.81. The van der Waals surface area contributed by atoms with E-state index in [1.807, 2.05) is 6.07 Å². The molecule has 1 aliphatic rings. The van der Waals surface area contributed by atoms with E-state index in [0.717, 1.165) is 11.6 Å². The second kappa shape index (κ2) is 4.82. The Hall–Kier alpha value is -2.35. The molecule has 0 saturated carbocycles. The molecule has 5 nitrogen and oxygen atoms in total. The highest BCUT2D eigenvalue weighted by atomic mass is 35.5. The third-order valence-corrected chi connectivity index (χ3v) is 4.07. The minimum absolute atomic E-state index is 0.0290. The molecular formula is C14H8ClF3N4O. The summed E-state index contributed by atoms with van der Waals surface area (Å²) in [5.74, 6) is 0. The zero-order valence-electron chi connectivity index (χ0n) is 11.4. The fraction of sp³-hybridized carbons (Fsp3) is 0.214. The van der Waals surface area contributed by atoms with Crippen LogP contribution in [0.5, 0.6) is 0 Å². The second-order valence-corrected chi connectivity index (χ2v) is 5.57. The van der Waals surface area contributed by atoms with Crippen LogP contribution in [0.1, 0.15) is 16.8 Å². The summed E-state index contributed by atoms with van der Waals surface area (Å²) in [4.78, 5) is 5.56. The molecule has 23 heavy (non-hydrogen) atoms. The second-order valence-electron chi connectivity index (χ2n) is 5.16. The molecule has 118 valence electrons. The molecule has 9 heteroatoms. The first-order valence-corrected chi connectivity index (χ1v) is 7.00. The van der Waals surface area contributed by atoms with Crippen LogP contribution in [-0.4, -0.2) is 15.2 Å². The lowest BCUT2D eigenvalue weighted by molar-refractivity contribution is -0.140. The Kier molecular flexibility index (Phi) is 2.99. The van der Waals surface area contributed by atoms with E-state index in [9.17, 15) is 13.2 Å². The van der Waals surface area contributed by atoms with Crippen LogP contribution in [0.2, 0.25) is 5.02 Å². The predicted molar refractivity (Wildman–Crippen MR) is 75.9 cm³/mol. The van der Waals surface area contributed by atoms with Crippen molar-refractivity contribution in [2.24, 2.45) is 0 Å². The summed E-state index contributed by atoms with van der Waals surface area (Å²) >= 11 is 6.01. The van der Waals surface area contributed by atoms with E-state index in [-0.39, 0.29) is 10.5 Å². The molecule has 0 fully saturated rings. The van der Waals surface area contributed by atoms with Crippen molar-refractivity contribution in [3.8, 4) is 0 Å². The first kappa shape index (κ1) is 14.3. The standard InChI is InChI=1S/C14H8ClF3N4O/c15-10-3-11(14(16,17)18)20-12-8(10)2-1-7-4-22(5-9(7)12)13-21-19-6-23-13/h1-3,6H,4-5H2. The van der Waals surface area contributed by atoms with Crippen molar-refractivity contribution in [2.45, 2.75) is 19.3 Å². The molecule has 0 unspecified atom stereocenters. The molecule has 4 rings (SSSR count). The number of halogens is 4. The molecular weight excluding hydrogens is 333 g/mol. The van der Waals surface area contributed by atoms with Crippen molar-refractivity contribution in [3.05, 3.63) is 46.4 Å². The topological polar surface area (TPSA) is 55.1 Å². The number of nitrogens with zero attached hydrogens (tertiary/aromatic N) is 4. The minimum atomic E-state index is -4.55. The van der Waals surface area contributed by atoms with E-state index in [4.69, 9.17) is 16.0 Å². The van der Waals surface area contributed by atoms with Crippen molar-refractivity contribution in [1.29, 1.82) is 0 Å². The van der Waals surface area contributed by atoms with Gasteiger partial charge in [0.25, 0.3) is 0 Å². The van der Waals surface area contributed by atoms with Gasteiger partial charge in [-0.25, -0.2) is 4.98 Å². The fourth-order valence-electron chi connectivity index (χ4n) is 2.71. The van der Waals surface area contributed by atoms with Gasteiger partial charge >= 0.3 is 12.2 Å². The quantitative estimate of drug-likeness (QED) is 0.674. The van der Waals surface area contributed by atoms with E-state index >= 15 is 0 Å². The van der Waals surface area contributed by atoms with Crippen LogP contribution < -0.4 is 4.90 Å². The smallest absolute Gasteiger partial charge is 0.411 e. The zero-order chi connectivity index (χ0) is 16.2. The molecule has 0 aliphatic carbocycles. The van der Waals surface area contributed by atoms with E-state index < -0.39 is 11.9 Å². The van der Waals surface area contributed by atoms with Gasteiger partial charge in [0.2, 0.25) is 6.39 Å². The summed E-state index contributed by atoms with van der Waals surface area (Å²) in [5.41, 5.74) is 0.802. The van der Waals surface area contributed by atoms with Crippen LogP contribution in [0, 0.1) is 0 Å². The first-order valence-electron chi connectivity index (χ1n) is 6.63. The summed E-state index contributed by atoms with van der Waals surface area (Å²) in [6.07, 6.45) is -3.35. The third kappa shape index (κ3) is 2.29. The Labute approximate surface area is 132 Å². The van der Waals surface area contributed by atoms with E-state index in [0.29, 0.717) is 30.1 Å². The normalized spacial score (nSPS) is 14.5. The summed E-state index contributed by atoms with van der Waals surface area (Å²) in [6, 6.07) is 4.67. The van der Waals surface area contributed by atoms with Crippen LogP contribution >= 0.6 is 11.6 Å². The summed E-state index contributed by atoms with van der Waals surface area (Å²) in [5, 5.41) is 7.95. The lowest BCUT2D eigenvalue weighted by Crippen LogP contribution is -2.14. The van der Waals surface area contributed by atoms with Gasteiger partial charge < -0.3 is 9.32 Å². The van der Waals surface area contributed by atoms with E-state index in [1.165, 1.54) is 6.39 Å². The van der Waals surface area contributed by atoms with Gasteiger partial charge in [0.15, 0.2) is 0 Å². The largest absolute Gasteiger partial charge is 0.433 e. The number of hydrogen-bond acceptors (Lipinski definition) is 5. The van der Waals surface area contributed by atoms with Crippen LogP contribution in [-0.2, 0) is 19.3 Å². The van der Waals surface area contributed by atoms with Gasteiger partial charge in [0, 0.05) is 17.5 Å². The first-order chi connectivity index (χ1) is 10.9. The maximum atomic E-state index is 13.0. The lowest BCUT2D eigenvalue weighted by Gasteiger charge is -2.11. The van der Waals surface area contributed by atoms with Crippen molar-refractivity contribution in [3.63, 3.8) is 0 Å². The van der Waals surface area contributed by atoms with Crippen molar-refractivity contribution < 1.29 is 17.6 Å². The Morgan fingerprint density at radius 2 is 2.04 bits per heavy atom. The fourth-order valence-corrected chi connectivity index (χ4v) is 2.97. The van der Waals surface area contributed by atoms with E-state index in [2.05, 4.69) is 15.2 Å². The van der Waals surface area contributed by atoms with Gasteiger partial charge in [-0.05, 0) is 11.6 Å². The number of hydrogen-bond donors (Lipinski definition) is 0. The Bertz CT molecular complexity index is 895. The maximum absolute atomic E-state index is 13.0. The number of anilines is 1. The van der Waals surface area contributed by atoms with Crippen LogP contribution in [0.15, 0.2) is 29.0 Å². The van der Waals surface area contributed by atoms with Crippen LogP contribution in [0.3, 0.4) is 0 Å². The monoisotopic (exact) mass is 340 g/mol. The van der Waals surface area contributed by atoms with E-state index in [1.54, 1.807) is 11.0 Å². The van der Waals surface area contributed by atoms with Gasteiger partial charge in [-0.2, -0.15) is 13.2 Å². The molecule has 0 N–H and O–H groups in total. The van der Waals surface area contributed by atoms with Gasteiger partial charge in [-0.15, -0.1) is 5.10 Å². The molecule has 3 aromatic rings. The minimum Gasteiger partial charge on any atom is -0.411 e. The zero-order valence-corrected chi connectivity index (χ0v) is 12.2. The van der Waals surface area contributed by atoms with Gasteiger partial charge in [-0.1, -0.05) is 28.8 Å².